The average Bonchev–Trinajstić information content (AvgIpc) is 2.76. The number of rotatable bonds is 8. The normalized spacial score (nSPS) is 11.0. The van der Waals surface area contributed by atoms with Gasteiger partial charge in [0.1, 0.15) is 5.56 Å². The summed E-state index contributed by atoms with van der Waals surface area (Å²) < 4.78 is 11.9. The molecule has 0 bridgehead atoms. The van der Waals surface area contributed by atoms with Crippen LogP contribution in [0, 0.1) is 0 Å². The van der Waals surface area contributed by atoms with Gasteiger partial charge in [-0.3, -0.25) is 9.58 Å². The van der Waals surface area contributed by atoms with Crippen molar-refractivity contribution in [1.82, 2.24) is 14.7 Å². The highest BCUT2D eigenvalue weighted by Crippen LogP contribution is 2.12. The van der Waals surface area contributed by atoms with E-state index in [4.69, 9.17) is 9.47 Å². The Morgan fingerprint density at radius 1 is 1.47 bits per heavy atom. The largest absolute Gasteiger partial charge is 0.462 e. The summed E-state index contributed by atoms with van der Waals surface area (Å²) >= 11 is 0. The maximum absolute atomic E-state index is 11.8. The summed E-state index contributed by atoms with van der Waals surface area (Å²) in [4.78, 5) is 14.0. The third-order valence-electron chi connectivity index (χ3n) is 2.99. The van der Waals surface area contributed by atoms with Gasteiger partial charge in [-0.25, -0.2) is 4.79 Å². The van der Waals surface area contributed by atoms with Gasteiger partial charge < -0.3 is 9.47 Å². The lowest BCUT2D eigenvalue weighted by Crippen LogP contribution is -2.28. The molecule has 0 unspecified atom stereocenters. The summed E-state index contributed by atoms with van der Waals surface area (Å²) in [5.41, 5.74) is 1.41. The Hall–Kier alpha value is -1.40. The number of nitrogens with zero attached hydrogens (tertiary/aromatic N) is 3. The molecular formula is C13H23N3O3. The number of hydrogen-bond acceptors (Lipinski definition) is 5. The quantitative estimate of drug-likeness (QED) is 0.661. The first-order chi connectivity index (χ1) is 9.13. The van der Waals surface area contributed by atoms with Crippen molar-refractivity contribution >= 4 is 5.97 Å². The molecule has 0 spiro atoms. The SMILES string of the molecule is CCOC(=O)c1cnn(C)c1CN(CC)CCOC. The molecule has 6 nitrogen and oxygen atoms in total. The van der Waals surface area contributed by atoms with Crippen LogP contribution in [0.5, 0.6) is 0 Å². The second-order valence-corrected chi connectivity index (χ2v) is 4.21. The molecule has 0 atom stereocenters. The van der Waals surface area contributed by atoms with Gasteiger partial charge in [0.2, 0.25) is 0 Å². The minimum atomic E-state index is -0.312. The molecule has 0 aliphatic carbocycles. The van der Waals surface area contributed by atoms with Gasteiger partial charge >= 0.3 is 5.97 Å². The molecule has 0 aliphatic heterocycles. The van der Waals surface area contributed by atoms with Gasteiger partial charge in [-0.05, 0) is 13.5 Å². The van der Waals surface area contributed by atoms with Crippen LogP contribution in [0.25, 0.3) is 0 Å². The fourth-order valence-electron chi connectivity index (χ4n) is 1.81. The predicted molar refractivity (Wildman–Crippen MR) is 72.0 cm³/mol. The van der Waals surface area contributed by atoms with Gasteiger partial charge in [-0.15, -0.1) is 0 Å². The topological polar surface area (TPSA) is 56.6 Å². The average molecular weight is 269 g/mol. The van der Waals surface area contributed by atoms with Crippen molar-refractivity contribution < 1.29 is 14.3 Å². The number of aryl methyl sites for hydroxylation is 1. The van der Waals surface area contributed by atoms with Crippen LogP contribution in [0.15, 0.2) is 6.20 Å². The number of hydrogen-bond donors (Lipinski definition) is 0. The van der Waals surface area contributed by atoms with Gasteiger partial charge in [-0.1, -0.05) is 6.92 Å². The molecule has 1 aromatic heterocycles. The molecular weight excluding hydrogens is 246 g/mol. The monoisotopic (exact) mass is 269 g/mol. The molecule has 0 fully saturated rings. The van der Waals surface area contributed by atoms with Crippen molar-refractivity contribution in [3.8, 4) is 0 Å². The smallest absolute Gasteiger partial charge is 0.341 e. The first-order valence-electron chi connectivity index (χ1n) is 6.53. The van der Waals surface area contributed by atoms with Crippen LogP contribution in [0.1, 0.15) is 29.9 Å². The van der Waals surface area contributed by atoms with Crippen LogP contribution in [0.3, 0.4) is 0 Å². The van der Waals surface area contributed by atoms with Crippen molar-refractivity contribution in [2.24, 2.45) is 7.05 Å². The minimum Gasteiger partial charge on any atom is -0.462 e. The Morgan fingerprint density at radius 2 is 2.21 bits per heavy atom. The summed E-state index contributed by atoms with van der Waals surface area (Å²) in [6, 6.07) is 0. The molecule has 0 radical (unpaired) electrons. The van der Waals surface area contributed by atoms with Crippen LogP contribution in [-0.2, 0) is 23.1 Å². The van der Waals surface area contributed by atoms with Crippen LogP contribution >= 0.6 is 0 Å². The zero-order valence-corrected chi connectivity index (χ0v) is 12.2. The zero-order chi connectivity index (χ0) is 14.3. The van der Waals surface area contributed by atoms with Crippen molar-refractivity contribution in [2.45, 2.75) is 20.4 Å². The fourth-order valence-corrected chi connectivity index (χ4v) is 1.81. The summed E-state index contributed by atoms with van der Waals surface area (Å²) in [5, 5.41) is 4.15. The number of esters is 1. The molecule has 1 rings (SSSR count). The number of ether oxygens (including phenoxy) is 2. The standard InChI is InChI=1S/C13H23N3O3/c1-5-16(7-8-18-4)10-12-11(9-14-15(12)3)13(17)19-6-2/h9H,5-8,10H2,1-4H3. The molecule has 0 amide bonds. The zero-order valence-electron chi connectivity index (χ0n) is 12.2. The van der Waals surface area contributed by atoms with E-state index in [-0.39, 0.29) is 5.97 Å². The fraction of sp³-hybridized carbons (Fsp3) is 0.692. The Labute approximate surface area is 114 Å². The first-order valence-corrected chi connectivity index (χ1v) is 6.53. The summed E-state index contributed by atoms with van der Waals surface area (Å²) in [6.45, 7) is 7.28. The molecule has 0 aliphatic rings. The van der Waals surface area contributed by atoms with Crippen molar-refractivity contribution in [2.75, 3.05) is 33.4 Å². The Morgan fingerprint density at radius 3 is 2.79 bits per heavy atom. The van der Waals surface area contributed by atoms with Gasteiger partial charge in [0.25, 0.3) is 0 Å². The number of carbonyl (C=O) groups excluding carboxylic acids is 1. The number of aromatic nitrogens is 2. The second-order valence-electron chi connectivity index (χ2n) is 4.21. The summed E-state index contributed by atoms with van der Waals surface area (Å²) in [5.74, 6) is -0.312. The van der Waals surface area contributed by atoms with E-state index in [0.29, 0.717) is 25.3 Å². The first kappa shape index (κ1) is 15.7. The third-order valence-corrected chi connectivity index (χ3v) is 2.99. The maximum Gasteiger partial charge on any atom is 0.341 e. The van der Waals surface area contributed by atoms with E-state index in [0.717, 1.165) is 18.8 Å². The third kappa shape index (κ3) is 4.33. The lowest BCUT2D eigenvalue weighted by atomic mass is 10.2. The van der Waals surface area contributed by atoms with E-state index in [1.165, 1.54) is 0 Å². The van der Waals surface area contributed by atoms with E-state index >= 15 is 0 Å². The molecule has 0 N–H and O–H groups in total. The molecule has 19 heavy (non-hydrogen) atoms. The lowest BCUT2D eigenvalue weighted by molar-refractivity contribution is 0.0523. The lowest BCUT2D eigenvalue weighted by Gasteiger charge is -2.20. The van der Waals surface area contributed by atoms with Crippen LogP contribution in [-0.4, -0.2) is 54.1 Å². The molecule has 1 aromatic rings. The van der Waals surface area contributed by atoms with E-state index in [2.05, 4.69) is 16.9 Å². The second kappa shape index (κ2) is 7.91. The van der Waals surface area contributed by atoms with Crippen molar-refractivity contribution in [3.63, 3.8) is 0 Å². The van der Waals surface area contributed by atoms with Crippen LogP contribution in [0.4, 0.5) is 0 Å². The van der Waals surface area contributed by atoms with Crippen LogP contribution in [0.2, 0.25) is 0 Å². The van der Waals surface area contributed by atoms with E-state index in [1.807, 2.05) is 7.05 Å². The highest BCUT2D eigenvalue weighted by atomic mass is 16.5. The van der Waals surface area contributed by atoms with Gasteiger partial charge in [0, 0.05) is 27.2 Å². The van der Waals surface area contributed by atoms with E-state index in [1.54, 1.807) is 24.9 Å². The number of carbonyl (C=O) groups is 1. The molecule has 0 aromatic carbocycles. The molecule has 1 heterocycles. The molecule has 0 saturated carbocycles. The summed E-state index contributed by atoms with van der Waals surface area (Å²) in [6.07, 6.45) is 1.57. The van der Waals surface area contributed by atoms with E-state index in [9.17, 15) is 4.79 Å². The minimum absolute atomic E-state index is 0.312. The van der Waals surface area contributed by atoms with E-state index < -0.39 is 0 Å². The summed E-state index contributed by atoms with van der Waals surface area (Å²) in [7, 11) is 3.52. The molecule has 6 heteroatoms. The van der Waals surface area contributed by atoms with Crippen LogP contribution < -0.4 is 0 Å². The Kier molecular flexibility index (Phi) is 6.52. The van der Waals surface area contributed by atoms with Gasteiger partial charge in [0.05, 0.1) is 25.1 Å². The number of likely N-dealkylation sites (N-methyl/N-ethyl adjacent to an activating group) is 1. The molecule has 0 saturated heterocycles. The van der Waals surface area contributed by atoms with Gasteiger partial charge in [-0.2, -0.15) is 5.10 Å². The van der Waals surface area contributed by atoms with Crippen molar-refractivity contribution in [3.05, 3.63) is 17.5 Å². The number of methoxy groups -OCH3 is 1. The maximum atomic E-state index is 11.8. The highest BCUT2D eigenvalue weighted by molar-refractivity contribution is 5.90. The highest BCUT2D eigenvalue weighted by Gasteiger charge is 2.18. The Bertz CT molecular complexity index is 404. The molecule has 108 valence electrons. The Balaban J connectivity index is 2.80. The predicted octanol–water partition coefficient (Wildman–Crippen LogP) is 1.07. The van der Waals surface area contributed by atoms with Crippen molar-refractivity contribution in [1.29, 1.82) is 0 Å². The van der Waals surface area contributed by atoms with Gasteiger partial charge in [0.15, 0.2) is 0 Å².